The van der Waals surface area contributed by atoms with Crippen LogP contribution in [0.5, 0.6) is 0 Å². The van der Waals surface area contributed by atoms with Gasteiger partial charge in [-0.25, -0.2) is 13.8 Å². The number of nitrogens with zero attached hydrogens (tertiary/aromatic N) is 2. The number of rotatable bonds is 3. The van der Waals surface area contributed by atoms with Crippen LogP contribution in [0.1, 0.15) is 48.0 Å². The quantitative estimate of drug-likeness (QED) is 0.661. The number of allylic oxidation sites excluding steroid dienone is 2. The molecule has 30 heavy (non-hydrogen) atoms. The van der Waals surface area contributed by atoms with Gasteiger partial charge in [-0.2, -0.15) is 13.2 Å². The molecule has 2 aromatic rings. The summed E-state index contributed by atoms with van der Waals surface area (Å²) in [5.41, 5.74) is -0.739. The Balaban J connectivity index is 1.59. The lowest BCUT2D eigenvalue weighted by Crippen LogP contribution is -2.24. The first-order valence-corrected chi connectivity index (χ1v) is 9.60. The van der Waals surface area contributed by atoms with E-state index in [1.807, 2.05) is 0 Å². The number of pyridine rings is 2. The number of alkyl halides is 3. The van der Waals surface area contributed by atoms with Crippen molar-refractivity contribution in [2.45, 2.75) is 38.3 Å². The number of hydrogen-bond donors (Lipinski definition) is 1. The molecule has 4 nitrogen and oxygen atoms in total. The lowest BCUT2D eigenvalue weighted by atomic mass is 9.76. The predicted octanol–water partition coefficient (Wildman–Crippen LogP) is 5.53. The first-order chi connectivity index (χ1) is 14.2. The van der Waals surface area contributed by atoms with Crippen molar-refractivity contribution in [1.29, 1.82) is 0 Å². The molecule has 2 aliphatic rings. The molecule has 0 spiro atoms. The minimum Gasteiger partial charge on any atom is -0.306 e. The molecule has 1 N–H and O–H groups in total. The third kappa shape index (κ3) is 3.93. The van der Waals surface area contributed by atoms with Crippen molar-refractivity contribution in [2.75, 3.05) is 5.32 Å². The van der Waals surface area contributed by atoms with Crippen molar-refractivity contribution in [1.82, 2.24) is 9.97 Å². The number of hydrogen-bond acceptors (Lipinski definition) is 3. The predicted molar refractivity (Wildman–Crippen MR) is 99.4 cm³/mol. The second-order valence-electron chi connectivity index (χ2n) is 7.68. The minimum atomic E-state index is -4.41. The molecule has 0 aromatic carbocycles. The molecule has 0 saturated heterocycles. The van der Waals surface area contributed by atoms with Crippen molar-refractivity contribution >= 4 is 17.3 Å². The van der Waals surface area contributed by atoms with Gasteiger partial charge in [0.05, 0.1) is 12.4 Å². The Hall–Kier alpha value is -2.84. The van der Waals surface area contributed by atoms with Gasteiger partial charge < -0.3 is 5.32 Å². The van der Waals surface area contributed by atoms with Gasteiger partial charge in [-0.1, -0.05) is 6.42 Å². The summed E-state index contributed by atoms with van der Waals surface area (Å²) in [7, 11) is 0. The SMILES string of the molecule is O=C(Nc1ccc(C2=C(C(F)(F)F)CC3CCCC3C2)cn1)c1c(F)cncc1F. The minimum absolute atomic E-state index is 0.0165. The lowest BCUT2D eigenvalue weighted by Gasteiger charge is -2.31. The maximum absolute atomic E-state index is 13.7. The number of carbonyl (C=O) groups excluding carboxylic acids is 1. The van der Waals surface area contributed by atoms with E-state index >= 15 is 0 Å². The molecule has 2 aromatic heterocycles. The molecule has 0 aliphatic heterocycles. The Labute approximate surface area is 169 Å². The van der Waals surface area contributed by atoms with Crippen molar-refractivity contribution in [3.05, 3.63) is 59.1 Å². The van der Waals surface area contributed by atoms with Gasteiger partial charge in [-0.15, -0.1) is 0 Å². The third-order valence-electron chi connectivity index (χ3n) is 5.89. The van der Waals surface area contributed by atoms with Gasteiger partial charge in [0.1, 0.15) is 11.4 Å². The summed E-state index contributed by atoms with van der Waals surface area (Å²) in [6, 6.07) is 2.77. The second kappa shape index (κ2) is 7.77. The van der Waals surface area contributed by atoms with E-state index < -0.39 is 34.9 Å². The number of aromatic nitrogens is 2. The molecule has 0 bridgehead atoms. The van der Waals surface area contributed by atoms with Gasteiger partial charge in [0.15, 0.2) is 11.6 Å². The molecule has 1 fully saturated rings. The van der Waals surface area contributed by atoms with Crippen molar-refractivity contribution < 1.29 is 26.7 Å². The summed E-state index contributed by atoms with van der Waals surface area (Å²) in [5, 5.41) is 2.25. The Morgan fingerprint density at radius 1 is 1.00 bits per heavy atom. The monoisotopic (exact) mass is 423 g/mol. The van der Waals surface area contributed by atoms with Crippen molar-refractivity contribution in [3.8, 4) is 0 Å². The molecule has 158 valence electrons. The van der Waals surface area contributed by atoms with Crippen LogP contribution in [0, 0.1) is 23.5 Å². The first-order valence-electron chi connectivity index (χ1n) is 9.60. The largest absolute Gasteiger partial charge is 0.412 e. The zero-order valence-corrected chi connectivity index (χ0v) is 15.8. The topological polar surface area (TPSA) is 54.9 Å². The standard InChI is InChI=1S/C21H18F5N3O/c22-16-9-27-10-17(23)19(16)20(30)29-18-5-4-13(8-28-18)14-6-11-2-1-3-12(11)7-15(14)21(24,25)26/h4-5,8-12H,1-3,6-7H2,(H,28,29,30). The second-order valence-corrected chi connectivity index (χ2v) is 7.68. The van der Waals surface area contributed by atoms with Crippen LogP contribution < -0.4 is 5.32 Å². The number of amides is 1. The highest BCUT2D eigenvalue weighted by Gasteiger charge is 2.43. The van der Waals surface area contributed by atoms with Crippen LogP contribution in [-0.4, -0.2) is 22.1 Å². The number of fused-ring (bicyclic) bond motifs is 1. The van der Waals surface area contributed by atoms with Gasteiger partial charge in [-0.3, -0.25) is 9.78 Å². The summed E-state index contributed by atoms with van der Waals surface area (Å²) < 4.78 is 68.3. The summed E-state index contributed by atoms with van der Waals surface area (Å²) in [4.78, 5) is 19.4. The molecular weight excluding hydrogens is 405 g/mol. The van der Waals surface area contributed by atoms with Gasteiger partial charge in [0.25, 0.3) is 5.91 Å². The Morgan fingerprint density at radius 3 is 2.27 bits per heavy atom. The lowest BCUT2D eigenvalue weighted by molar-refractivity contribution is -0.0962. The molecule has 1 amide bonds. The highest BCUT2D eigenvalue weighted by molar-refractivity contribution is 6.04. The van der Waals surface area contributed by atoms with E-state index in [9.17, 15) is 26.7 Å². The van der Waals surface area contributed by atoms with E-state index in [-0.39, 0.29) is 29.6 Å². The molecule has 2 aliphatic carbocycles. The highest BCUT2D eigenvalue weighted by Crippen LogP contribution is 2.51. The van der Waals surface area contributed by atoms with E-state index in [0.29, 0.717) is 24.4 Å². The summed E-state index contributed by atoms with van der Waals surface area (Å²) in [6.45, 7) is 0. The summed E-state index contributed by atoms with van der Waals surface area (Å²) in [5.74, 6) is -3.03. The fourth-order valence-electron chi connectivity index (χ4n) is 4.45. The number of carbonyl (C=O) groups is 1. The highest BCUT2D eigenvalue weighted by atomic mass is 19.4. The van der Waals surface area contributed by atoms with E-state index in [0.717, 1.165) is 19.3 Å². The molecule has 9 heteroatoms. The maximum atomic E-state index is 13.7. The zero-order chi connectivity index (χ0) is 21.5. The maximum Gasteiger partial charge on any atom is 0.412 e. The van der Waals surface area contributed by atoms with Gasteiger partial charge >= 0.3 is 6.18 Å². The summed E-state index contributed by atoms with van der Waals surface area (Å²) >= 11 is 0. The van der Waals surface area contributed by atoms with E-state index in [1.54, 1.807) is 0 Å². The van der Waals surface area contributed by atoms with Crippen LogP contribution in [0.2, 0.25) is 0 Å². The fraction of sp³-hybridized carbons (Fsp3) is 0.381. The Kier molecular flexibility index (Phi) is 5.29. The van der Waals surface area contributed by atoms with E-state index in [1.165, 1.54) is 18.3 Å². The molecule has 2 atom stereocenters. The first kappa shape index (κ1) is 20.4. The summed E-state index contributed by atoms with van der Waals surface area (Å²) in [6.07, 6.45) is 1.31. The number of anilines is 1. The van der Waals surface area contributed by atoms with Gasteiger partial charge in [0, 0.05) is 11.8 Å². The van der Waals surface area contributed by atoms with Crippen molar-refractivity contribution in [3.63, 3.8) is 0 Å². The van der Waals surface area contributed by atoms with E-state index in [4.69, 9.17) is 0 Å². The molecule has 2 unspecified atom stereocenters. The van der Waals surface area contributed by atoms with Crippen LogP contribution in [-0.2, 0) is 0 Å². The molecule has 1 saturated carbocycles. The fourth-order valence-corrected chi connectivity index (χ4v) is 4.45. The average Bonchev–Trinajstić information content (AvgIpc) is 3.14. The molecular formula is C21H18F5N3O. The Morgan fingerprint density at radius 2 is 1.67 bits per heavy atom. The molecule has 0 radical (unpaired) electrons. The number of nitrogens with one attached hydrogen (secondary N) is 1. The van der Waals surface area contributed by atoms with E-state index in [2.05, 4.69) is 15.3 Å². The smallest absolute Gasteiger partial charge is 0.306 e. The third-order valence-corrected chi connectivity index (χ3v) is 5.89. The van der Waals surface area contributed by atoms with Gasteiger partial charge in [0.2, 0.25) is 0 Å². The number of halogens is 5. The van der Waals surface area contributed by atoms with Crippen LogP contribution in [0.15, 0.2) is 36.3 Å². The van der Waals surface area contributed by atoms with Crippen LogP contribution in [0.3, 0.4) is 0 Å². The van der Waals surface area contributed by atoms with Crippen LogP contribution >= 0.6 is 0 Å². The molecule has 4 rings (SSSR count). The normalized spacial score (nSPS) is 21.5. The molecule has 2 heterocycles. The van der Waals surface area contributed by atoms with Gasteiger partial charge in [-0.05, 0) is 60.8 Å². The van der Waals surface area contributed by atoms with Crippen LogP contribution in [0.4, 0.5) is 27.8 Å². The zero-order valence-electron chi connectivity index (χ0n) is 15.8. The van der Waals surface area contributed by atoms with Crippen LogP contribution in [0.25, 0.3) is 5.57 Å². The van der Waals surface area contributed by atoms with Crippen molar-refractivity contribution in [2.24, 2.45) is 11.8 Å². The Bertz CT molecular complexity index is 980. The average molecular weight is 423 g/mol.